The second kappa shape index (κ2) is 54.5. The highest BCUT2D eigenvalue weighted by atomic mass is 16.5. The summed E-state index contributed by atoms with van der Waals surface area (Å²) in [5.74, 6) is -0.0215. The predicted octanol–water partition coefficient (Wildman–Crippen LogP) is 17.9. The molecule has 382 valence electrons. The SMILES string of the molecule is CCCCCCCCCCCCCCCCC(O)C(CO)NC(=O)CCCCCCCCCCCCCCCCCCCCCCOC(=O)CCCCCCCCCCCCCCC. The summed E-state index contributed by atoms with van der Waals surface area (Å²) >= 11 is 0. The highest BCUT2D eigenvalue weighted by Gasteiger charge is 2.20. The minimum atomic E-state index is -0.663. The zero-order valence-electron chi connectivity index (χ0n) is 43.5. The standard InChI is InChI=1S/C58H115NO5/c1-3-5-7-9-11-13-15-17-27-30-34-38-42-46-50-56(61)55(54-60)59-57(62)51-47-43-39-35-31-28-24-22-20-18-19-21-23-25-29-33-37-41-45-49-53-64-58(63)52-48-44-40-36-32-26-16-14-12-10-8-6-4-2/h55-56,60-61H,3-54H2,1-2H3,(H,59,62). The van der Waals surface area contributed by atoms with E-state index in [1.165, 1.54) is 263 Å². The smallest absolute Gasteiger partial charge is 0.305 e. The summed E-state index contributed by atoms with van der Waals surface area (Å²) in [6.07, 6.45) is 62.4. The van der Waals surface area contributed by atoms with Crippen molar-refractivity contribution in [1.82, 2.24) is 5.32 Å². The summed E-state index contributed by atoms with van der Waals surface area (Å²) in [5.41, 5.74) is 0. The largest absolute Gasteiger partial charge is 0.466 e. The topological polar surface area (TPSA) is 95.9 Å². The van der Waals surface area contributed by atoms with Crippen molar-refractivity contribution in [1.29, 1.82) is 0 Å². The number of aliphatic hydroxyl groups excluding tert-OH is 2. The van der Waals surface area contributed by atoms with Crippen molar-refractivity contribution in [3.63, 3.8) is 0 Å². The third-order valence-electron chi connectivity index (χ3n) is 13.9. The first kappa shape index (κ1) is 62.9. The number of rotatable bonds is 55. The lowest BCUT2D eigenvalue weighted by Gasteiger charge is -2.22. The summed E-state index contributed by atoms with van der Waals surface area (Å²) in [4.78, 5) is 24.5. The maximum absolute atomic E-state index is 12.5. The van der Waals surface area contributed by atoms with Crippen LogP contribution in [-0.2, 0) is 14.3 Å². The molecule has 6 heteroatoms. The molecule has 0 aromatic rings. The van der Waals surface area contributed by atoms with Crippen molar-refractivity contribution < 1.29 is 24.5 Å². The Bertz CT molecular complexity index is 913. The minimum Gasteiger partial charge on any atom is -0.466 e. The second-order valence-corrected chi connectivity index (χ2v) is 20.3. The lowest BCUT2D eigenvalue weighted by molar-refractivity contribution is -0.143. The molecule has 3 N–H and O–H groups in total. The number of hydrogen-bond acceptors (Lipinski definition) is 5. The molecule has 0 fully saturated rings. The van der Waals surface area contributed by atoms with E-state index in [1.54, 1.807) is 0 Å². The fourth-order valence-corrected chi connectivity index (χ4v) is 9.41. The maximum Gasteiger partial charge on any atom is 0.305 e. The molecule has 0 aromatic heterocycles. The summed E-state index contributed by atoms with van der Waals surface area (Å²) in [7, 11) is 0. The van der Waals surface area contributed by atoms with Gasteiger partial charge < -0.3 is 20.3 Å². The van der Waals surface area contributed by atoms with Crippen molar-refractivity contribution in [3.05, 3.63) is 0 Å². The fraction of sp³-hybridized carbons (Fsp3) is 0.966. The van der Waals surface area contributed by atoms with Gasteiger partial charge in [-0.25, -0.2) is 0 Å². The first-order valence-corrected chi connectivity index (χ1v) is 29.3. The van der Waals surface area contributed by atoms with E-state index in [1.807, 2.05) is 0 Å². The average Bonchev–Trinajstić information content (AvgIpc) is 3.29. The zero-order valence-corrected chi connectivity index (χ0v) is 43.5. The van der Waals surface area contributed by atoms with Gasteiger partial charge in [-0.1, -0.05) is 296 Å². The summed E-state index contributed by atoms with van der Waals surface area (Å²) in [6, 6.07) is -0.541. The van der Waals surface area contributed by atoms with Crippen LogP contribution in [-0.4, -0.2) is 47.4 Å². The molecule has 0 aliphatic rings. The van der Waals surface area contributed by atoms with Crippen molar-refractivity contribution in [2.75, 3.05) is 13.2 Å². The molecule has 6 nitrogen and oxygen atoms in total. The molecular formula is C58H115NO5. The molecular weight excluding hydrogens is 791 g/mol. The lowest BCUT2D eigenvalue weighted by atomic mass is 10.0. The fourth-order valence-electron chi connectivity index (χ4n) is 9.41. The molecule has 0 heterocycles. The molecule has 2 atom stereocenters. The predicted molar refractivity (Wildman–Crippen MR) is 278 cm³/mol. The van der Waals surface area contributed by atoms with Gasteiger partial charge in [-0.05, 0) is 25.7 Å². The molecule has 1 amide bonds. The first-order chi connectivity index (χ1) is 31.5. The second-order valence-electron chi connectivity index (χ2n) is 20.3. The van der Waals surface area contributed by atoms with Crippen LogP contribution in [0.3, 0.4) is 0 Å². The van der Waals surface area contributed by atoms with Crippen LogP contribution in [0.25, 0.3) is 0 Å². The molecule has 0 saturated carbocycles. The number of unbranched alkanes of at least 4 members (excludes halogenated alkanes) is 44. The summed E-state index contributed by atoms with van der Waals surface area (Å²) in [6.45, 7) is 4.97. The van der Waals surface area contributed by atoms with Gasteiger partial charge in [-0.3, -0.25) is 9.59 Å². The number of ether oxygens (including phenoxy) is 1. The van der Waals surface area contributed by atoms with Crippen LogP contribution in [0.2, 0.25) is 0 Å². The number of nitrogens with one attached hydrogen (secondary N) is 1. The van der Waals surface area contributed by atoms with Crippen LogP contribution < -0.4 is 5.32 Å². The number of esters is 1. The van der Waals surface area contributed by atoms with Gasteiger partial charge in [-0.15, -0.1) is 0 Å². The molecule has 0 aromatic carbocycles. The van der Waals surface area contributed by atoms with Crippen LogP contribution in [0, 0.1) is 0 Å². The van der Waals surface area contributed by atoms with Gasteiger partial charge >= 0.3 is 5.97 Å². The quantitative estimate of drug-likeness (QED) is 0.0417. The minimum absolute atomic E-state index is 0.0130. The molecule has 0 spiro atoms. The number of hydrogen-bond donors (Lipinski definition) is 3. The maximum atomic E-state index is 12.5. The van der Waals surface area contributed by atoms with Gasteiger partial charge in [0.15, 0.2) is 0 Å². The van der Waals surface area contributed by atoms with Gasteiger partial charge in [-0.2, -0.15) is 0 Å². The highest BCUT2D eigenvalue weighted by Crippen LogP contribution is 2.18. The lowest BCUT2D eigenvalue weighted by Crippen LogP contribution is -2.45. The van der Waals surface area contributed by atoms with E-state index in [2.05, 4.69) is 19.2 Å². The molecule has 0 saturated heterocycles. The average molecular weight is 907 g/mol. The number of amides is 1. The van der Waals surface area contributed by atoms with Crippen molar-refractivity contribution in [2.24, 2.45) is 0 Å². The Labute approximate surface area is 400 Å². The van der Waals surface area contributed by atoms with Crippen LogP contribution in [0.1, 0.15) is 335 Å². The zero-order chi connectivity index (χ0) is 46.5. The van der Waals surface area contributed by atoms with E-state index in [0.717, 1.165) is 38.5 Å². The number of aliphatic hydroxyl groups is 2. The van der Waals surface area contributed by atoms with E-state index in [9.17, 15) is 19.8 Å². The van der Waals surface area contributed by atoms with E-state index in [-0.39, 0.29) is 18.5 Å². The first-order valence-electron chi connectivity index (χ1n) is 29.3. The van der Waals surface area contributed by atoms with Gasteiger partial charge in [0.25, 0.3) is 0 Å². The van der Waals surface area contributed by atoms with Gasteiger partial charge in [0.05, 0.1) is 25.4 Å². The monoisotopic (exact) mass is 906 g/mol. The van der Waals surface area contributed by atoms with Crippen molar-refractivity contribution >= 4 is 11.9 Å². The van der Waals surface area contributed by atoms with Gasteiger partial charge in [0, 0.05) is 12.8 Å². The van der Waals surface area contributed by atoms with Gasteiger partial charge in [0.1, 0.15) is 0 Å². The Kier molecular flexibility index (Phi) is 53.5. The molecule has 0 bridgehead atoms. The number of carbonyl (C=O) groups excluding carboxylic acids is 2. The normalized spacial score (nSPS) is 12.5. The molecule has 0 aliphatic heterocycles. The Balaban J connectivity index is 3.37. The van der Waals surface area contributed by atoms with Gasteiger partial charge in [0.2, 0.25) is 5.91 Å². The van der Waals surface area contributed by atoms with E-state index >= 15 is 0 Å². The highest BCUT2D eigenvalue weighted by molar-refractivity contribution is 5.76. The molecule has 0 radical (unpaired) electrons. The summed E-state index contributed by atoms with van der Waals surface area (Å²) < 4.78 is 5.48. The van der Waals surface area contributed by atoms with Crippen LogP contribution in [0.5, 0.6) is 0 Å². The third kappa shape index (κ3) is 50.3. The molecule has 0 rings (SSSR count). The molecule has 2 unspecified atom stereocenters. The summed E-state index contributed by atoms with van der Waals surface area (Å²) in [5, 5.41) is 23.3. The Morgan fingerprint density at radius 2 is 0.641 bits per heavy atom. The molecule has 64 heavy (non-hydrogen) atoms. The Morgan fingerprint density at radius 3 is 0.953 bits per heavy atom. The van der Waals surface area contributed by atoms with Crippen molar-refractivity contribution in [3.8, 4) is 0 Å². The van der Waals surface area contributed by atoms with E-state index in [0.29, 0.717) is 25.9 Å². The van der Waals surface area contributed by atoms with E-state index < -0.39 is 12.1 Å². The van der Waals surface area contributed by atoms with Crippen LogP contribution in [0.15, 0.2) is 0 Å². The van der Waals surface area contributed by atoms with Crippen LogP contribution >= 0.6 is 0 Å². The Hall–Kier alpha value is -1.14. The van der Waals surface area contributed by atoms with E-state index in [4.69, 9.17) is 4.74 Å². The van der Waals surface area contributed by atoms with Crippen LogP contribution in [0.4, 0.5) is 0 Å². The third-order valence-corrected chi connectivity index (χ3v) is 13.9. The molecule has 0 aliphatic carbocycles. The Morgan fingerprint density at radius 1 is 0.375 bits per heavy atom. The van der Waals surface area contributed by atoms with Crippen molar-refractivity contribution in [2.45, 2.75) is 347 Å². The number of carbonyl (C=O) groups is 2.